The van der Waals surface area contributed by atoms with E-state index < -0.39 is 0 Å². The van der Waals surface area contributed by atoms with Crippen LogP contribution in [0.4, 0.5) is 11.4 Å². The quantitative estimate of drug-likeness (QED) is 0.733. The first-order valence-corrected chi connectivity index (χ1v) is 6.06. The van der Waals surface area contributed by atoms with Crippen LogP contribution in [0.5, 0.6) is 0 Å². The van der Waals surface area contributed by atoms with Gasteiger partial charge in [0.15, 0.2) is 0 Å². The Morgan fingerprint density at radius 3 is 2.53 bits per heavy atom. The SMILES string of the molecule is Nc1cccc(C(=O)Nc2ccc(CCO)cc2)c1. The van der Waals surface area contributed by atoms with Crippen LogP contribution in [0, 0.1) is 0 Å². The number of hydrogen-bond acceptors (Lipinski definition) is 3. The van der Waals surface area contributed by atoms with Gasteiger partial charge in [0, 0.05) is 23.5 Å². The van der Waals surface area contributed by atoms with E-state index in [1.54, 1.807) is 24.3 Å². The van der Waals surface area contributed by atoms with Gasteiger partial charge in [-0.15, -0.1) is 0 Å². The van der Waals surface area contributed by atoms with Crippen molar-refractivity contribution in [2.45, 2.75) is 6.42 Å². The summed E-state index contributed by atoms with van der Waals surface area (Å²) in [4.78, 5) is 12.0. The normalized spacial score (nSPS) is 10.2. The second-order valence-corrected chi connectivity index (χ2v) is 4.25. The zero-order chi connectivity index (χ0) is 13.7. The molecular formula is C15H16N2O2. The summed E-state index contributed by atoms with van der Waals surface area (Å²) in [5.41, 5.74) is 8.48. The Morgan fingerprint density at radius 2 is 1.89 bits per heavy atom. The summed E-state index contributed by atoms with van der Waals surface area (Å²) < 4.78 is 0. The molecule has 0 fully saturated rings. The molecule has 0 aliphatic heterocycles. The van der Waals surface area contributed by atoms with Gasteiger partial charge in [-0.05, 0) is 42.3 Å². The minimum absolute atomic E-state index is 0.120. The van der Waals surface area contributed by atoms with E-state index >= 15 is 0 Å². The fourth-order valence-electron chi connectivity index (χ4n) is 1.77. The molecule has 2 aromatic rings. The highest BCUT2D eigenvalue weighted by molar-refractivity contribution is 6.04. The average Bonchev–Trinajstić information content (AvgIpc) is 2.41. The Hall–Kier alpha value is -2.33. The summed E-state index contributed by atoms with van der Waals surface area (Å²) in [7, 11) is 0. The van der Waals surface area contributed by atoms with Gasteiger partial charge in [-0.3, -0.25) is 4.79 Å². The van der Waals surface area contributed by atoms with Crippen LogP contribution >= 0.6 is 0 Å². The predicted octanol–water partition coefficient (Wildman–Crippen LogP) is 2.06. The molecule has 0 saturated heterocycles. The average molecular weight is 256 g/mol. The topological polar surface area (TPSA) is 75.4 Å². The van der Waals surface area contributed by atoms with Gasteiger partial charge in [0.2, 0.25) is 0 Å². The van der Waals surface area contributed by atoms with Gasteiger partial charge in [-0.1, -0.05) is 18.2 Å². The molecule has 0 radical (unpaired) electrons. The van der Waals surface area contributed by atoms with Gasteiger partial charge in [0.25, 0.3) is 5.91 Å². The number of aliphatic hydroxyl groups is 1. The third-order valence-corrected chi connectivity index (χ3v) is 2.76. The van der Waals surface area contributed by atoms with E-state index in [2.05, 4.69) is 5.32 Å². The summed E-state index contributed by atoms with van der Waals surface area (Å²) in [6.07, 6.45) is 0.615. The van der Waals surface area contributed by atoms with Crippen LogP contribution in [0.25, 0.3) is 0 Å². The van der Waals surface area contributed by atoms with Crippen LogP contribution in [0.1, 0.15) is 15.9 Å². The van der Waals surface area contributed by atoms with Gasteiger partial charge < -0.3 is 16.2 Å². The lowest BCUT2D eigenvalue weighted by Crippen LogP contribution is -2.12. The molecule has 0 aromatic heterocycles. The van der Waals surface area contributed by atoms with Crippen LogP contribution in [-0.4, -0.2) is 17.6 Å². The Kier molecular flexibility index (Phi) is 4.15. The molecular weight excluding hydrogens is 240 g/mol. The number of rotatable bonds is 4. The van der Waals surface area contributed by atoms with Crippen LogP contribution < -0.4 is 11.1 Å². The molecule has 98 valence electrons. The summed E-state index contributed by atoms with van der Waals surface area (Å²) in [6, 6.07) is 14.2. The number of nitrogens with one attached hydrogen (secondary N) is 1. The van der Waals surface area contributed by atoms with Crippen molar-refractivity contribution >= 4 is 17.3 Å². The second kappa shape index (κ2) is 6.02. The lowest BCUT2D eigenvalue weighted by atomic mass is 10.1. The maximum absolute atomic E-state index is 12.0. The molecule has 0 aliphatic carbocycles. The smallest absolute Gasteiger partial charge is 0.255 e. The van der Waals surface area contributed by atoms with Crippen molar-refractivity contribution in [2.24, 2.45) is 0 Å². The Balaban J connectivity index is 2.06. The minimum atomic E-state index is -0.192. The maximum Gasteiger partial charge on any atom is 0.255 e. The molecule has 4 nitrogen and oxygen atoms in total. The van der Waals surface area contributed by atoms with Crippen molar-refractivity contribution in [3.05, 3.63) is 59.7 Å². The lowest BCUT2D eigenvalue weighted by Gasteiger charge is -2.06. The molecule has 4 heteroatoms. The Bertz CT molecular complexity index is 565. The first-order chi connectivity index (χ1) is 9.19. The number of hydrogen-bond donors (Lipinski definition) is 3. The minimum Gasteiger partial charge on any atom is -0.399 e. The van der Waals surface area contributed by atoms with Crippen LogP contribution in [0.2, 0.25) is 0 Å². The number of anilines is 2. The van der Waals surface area contributed by atoms with Gasteiger partial charge in [-0.25, -0.2) is 0 Å². The molecule has 0 saturated carbocycles. The largest absolute Gasteiger partial charge is 0.399 e. The van der Waals surface area contributed by atoms with E-state index in [0.29, 0.717) is 23.4 Å². The summed E-state index contributed by atoms with van der Waals surface area (Å²) in [6.45, 7) is 0.120. The van der Waals surface area contributed by atoms with Crippen molar-refractivity contribution in [3.8, 4) is 0 Å². The molecule has 0 spiro atoms. The Morgan fingerprint density at radius 1 is 1.16 bits per heavy atom. The van der Waals surface area contributed by atoms with E-state index in [-0.39, 0.29) is 12.5 Å². The fraction of sp³-hybridized carbons (Fsp3) is 0.133. The first-order valence-electron chi connectivity index (χ1n) is 6.06. The molecule has 1 amide bonds. The third-order valence-electron chi connectivity index (χ3n) is 2.76. The van der Waals surface area contributed by atoms with Crippen molar-refractivity contribution in [2.75, 3.05) is 17.7 Å². The van der Waals surface area contributed by atoms with Crippen LogP contribution in [-0.2, 0) is 6.42 Å². The van der Waals surface area contributed by atoms with Crippen molar-refractivity contribution in [1.82, 2.24) is 0 Å². The molecule has 0 heterocycles. The van der Waals surface area contributed by atoms with Crippen LogP contribution in [0.3, 0.4) is 0 Å². The maximum atomic E-state index is 12.0. The van der Waals surface area contributed by atoms with Crippen LogP contribution in [0.15, 0.2) is 48.5 Å². The molecule has 0 aliphatic rings. The third kappa shape index (κ3) is 3.56. The van der Waals surface area contributed by atoms with Gasteiger partial charge in [0.05, 0.1) is 0 Å². The lowest BCUT2D eigenvalue weighted by molar-refractivity contribution is 0.102. The molecule has 4 N–H and O–H groups in total. The molecule has 2 aromatic carbocycles. The number of nitrogens with two attached hydrogens (primary N) is 1. The van der Waals surface area contributed by atoms with Crippen molar-refractivity contribution < 1.29 is 9.90 Å². The number of nitrogen functional groups attached to an aromatic ring is 1. The number of benzene rings is 2. The predicted molar refractivity (Wildman–Crippen MR) is 76.0 cm³/mol. The highest BCUT2D eigenvalue weighted by Crippen LogP contribution is 2.13. The van der Waals surface area contributed by atoms with Gasteiger partial charge >= 0.3 is 0 Å². The van der Waals surface area contributed by atoms with E-state index in [1.165, 1.54) is 0 Å². The Labute approximate surface area is 111 Å². The molecule has 0 unspecified atom stereocenters. The monoisotopic (exact) mass is 256 g/mol. The summed E-state index contributed by atoms with van der Waals surface area (Å²) in [5, 5.41) is 11.6. The molecule has 0 atom stereocenters. The highest BCUT2D eigenvalue weighted by Gasteiger charge is 2.05. The highest BCUT2D eigenvalue weighted by atomic mass is 16.2. The molecule has 19 heavy (non-hydrogen) atoms. The first kappa shape index (κ1) is 13.1. The van der Waals surface area contributed by atoms with E-state index in [9.17, 15) is 4.79 Å². The van der Waals surface area contributed by atoms with Gasteiger partial charge in [-0.2, -0.15) is 0 Å². The summed E-state index contributed by atoms with van der Waals surface area (Å²) >= 11 is 0. The standard InChI is InChI=1S/C15H16N2O2/c16-13-3-1-2-12(10-13)15(19)17-14-6-4-11(5-7-14)8-9-18/h1-7,10,18H,8-9,16H2,(H,17,19). The molecule has 0 bridgehead atoms. The zero-order valence-corrected chi connectivity index (χ0v) is 10.5. The molecule has 2 rings (SSSR count). The number of carbonyl (C=O) groups excluding carboxylic acids is 1. The summed E-state index contributed by atoms with van der Waals surface area (Å²) in [5.74, 6) is -0.192. The van der Waals surface area contributed by atoms with E-state index in [0.717, 1.165) is 5.56 Å². The number of aliphatic hydroxyl groups excluding tert-OH is 1. The number of carbonyl (C=O) groups is 1. The number of amides is 1. The zero-order valence-electron chi connectivity index (χ0n) is 10.5. The van der Waals surface area contributed by atoms with E-state index in [4.69, 9.17) is 10.8 Å². The van der Waals surface area contributed by atoms with Gasteiger partial charge in [0.1, 0.15) is 0 Å². The van der Waals surface area contributed by atoms with Crippen molar-refractivity contribution in [1.29, 1.82) is 0 Å². The van der Waals surface area contributed by atoms with Crippen molar-refractivity contribution in [3.63, 3.8) is 0 Å². The van der Waals surface area contributed by atoms with E-state index in [1.807, 2.05) is 24.3 Å². The fourth-order valence-corrected chi connectivity index (χ4v) is 1.77. The second-order valence-electron chi connectivity index (χ2n) is 4.25.